The summed E-state index contributed by atoms with van der Waals surface area (Å²) < 4.78 is 15.7. The fraction of sp³-hybridized carbons (Fsp3) is 0.500. The van der Waals surface area contributed by atoms with Crippen LogP contribution in [0.25, 0.3) is 0 Å². The molecule has 7 heteroatoms. The Kier molecular flexibility index (Phi) is 5.72. The lowest BCUT2D eigenvalue weighted by molar-refractivity contribution is -0.284. The number of aliphatic hydroxyl groups is 2. The zero-order chi connectivity index (χ0) is 15.4. The van der Waals surface area contributed by atoms with Crippen molar-refractivity contribution in [1.29, 1.82) is 0 Å². The zero-order valence-electron chi connectivity index (χ0n) is 11.4. The van der Waals surface area contributed by atoms with Crippen LogP contribution in [0.5, 0.6) is 0 Å². The van der Waals surface area contributed by atoms with Gasteiger partial charge in [0.25, 0.3) is 0 Å². The molecule has 116 valence electrons. The molecule has 0 bridgehead atoms. The van der Waals surface area contributed by atoms with Crippen molar-refractivity contribution in [2.24, 2.45) is 0 Å². The molecule has 1 aliphatic rings. The predicted molar refractivity (Wildman–Crippen MR) is 77.1 cm³/mol. The number of benzene rings is 1. The van der Waals surface area contributed by atoms with Crippen molar-refractivity contribution in [3.05, 3.63) is 35.9 Å². The second-order valence-electron chi connectivity index (χ2n) is 4.65. The third kappa shape index (κ3) is 3.61. The van der Waals surface area contributed by atoms with E-state index in [-0.39, 0.29) is 0 Å². The molecular weight excluding hydrogens is 344 g/mol. The number of alkyl halides is 1. The fourth-order valence-electron chi connectivity index (χ4n) is 2.14. The van der Waals surface area contributed by atoms with Crippen molar-refractivity contribution in [2.75, 3.05) is 12.4 Å². The molecule has 21 heavy (non-hydrogen) atoms. The monoisotopic (exact) mass is 360 g/mol. The molecule has 2 rings (SSSR count). The smallest absolute Gasteiger partial charge is 0.338 e. The SMILES string of the molecule is CO[C@@H]1O[C@H](CBr)[C@H](OC(=O)c2ccccc2)[C@H](O)[C@@H]1O. The van der Waals surface area contributed by atoms with Gasteiger partial charge in [-0.1, -0.05) is 34.1 Å². The number of hydrogen-bond donors (Lipinski definition) is 2. The van der Waals surface area contributed by atoms with E-state index in [1.54, 1.807) is 30.3 Å². The van der Waals surface area contributed by atoms with Gasteiger partial charge in [-0.3, -0.25) is 0 Å². The highest BCUT2D eigenvalue weighted by Crippen LogP contribution is 2.26. The second kappa shape index (κ2) is 7.33. The van der Waals surface area contributed by atoms with E-state index in [4.69, 9.17) is 14.2 Å². The normalized spacial score (nSPS) is 32.7. The van der Waals surface area contributed by atoms with Crippen molar-refractivity contribution >= 4 is 21.9 Å². The minimum Gasteiger partial charge on any atom is -0.453 e. The summed E-state index contributed by atoms with van der Waals surface area (Å²) >= 11 is 3.24. The Morgan fingerprint density at radius 1 is 1.29 bits per heavy atom. The van der Waals surface area contributed by atoms with Crippen LogP contribution in [0.2, 0.25) is 0 Å². The topological polar surface area (TPSA) is 85.2 Å². The van der Waals surface area contributed by atoms with Crippen molar-refractivity contribution in [3.8, 4) is 0 Å². The van der Waals surface area contributed by atoms with Crippen molar-refractivity contribution in [2.45, 2.75) is 30.7 Å². The average Bonchev–Trinajstić information content (AvgIpc) is 2.53. The van der Waals surface area contributed by atoms with Crippen LogP contribution in [0.3, 0.4) is 0 Å². The standard InChI is InChI=1S/C14H17BrO6/c1-19-14-11(17)10(16)12(9(7-15)20-14)21-13(18)8-5-3-2-4-6-8/h2-6,9-12,14,16-17H,7H2,1H3/t9-,10-,11+,12+,14-/m1/s1. The Morgan fingerprint density at radius 2 is 1.95 bits per heavy atom. The molecule has 0 saturated carbocycles. The van der Waals surface area contributed by atoms with Gasteiger partial charge in [0.05, 0.1) is 5.56 Å². The van der Waals surface area contributed by atoms with E-state index >= 15 is 0 Å². The maximum atomic E-state index is 12.1. The highest BCUT2D eigenvalue weighted by atomic mass is 79.9. The summed E-state index contributed by atoms with van der Waals surface area (Å²) in [6.07, 6.45) is -5.16. The lowest BCUT2D eigenvalue weighted by Gasteiger charge is -2.40. The van der Waals surface area contributed by atoms with Crippen molar-refractivity contribution in [1.82, 2.24) is 0 Å². The van der Waals surface area contributed by atoms with Gasteiger partial charge in [-0.2, -0.15) is 0 Å². The minimum absolute atomic E-state index is 0.323. The number of carbonyl (C=O) groups is 1. The molecule has 0 aromatic heterocycles. The Bertz CT molecular complexity index is 466. The summed E-state index contributed by atoms with van der Waals surface area (Å²) in [6.45, 7) is 0. The third-order valence-electron chi connectivity index (χ3n) is 3.28. The second-order valence-corrected chi connectivity index (χ2v) is 5.30. The van der Waals surface area contributed by atoms with Gasteiger partial charge in [0, 0.05) is 12.4 Å². The Balaban J connectivity index is 2.11. The van der Waals surface area contributed by atoms with Gasteiger partial charge in [-0.15, -0.1) is 0 Å². The van der Waals surface area contributed by atoms with Gasteiger partial charge >= 0.3 is 5.97 Å². The van der Waals surface area contributed by atoms with Crippen LogP contribution in [-0.2, 0) is 14.2 Å². The van der Waals surface area contributed by atoms with E-state index in [0.717, 1.165) is 0 Å². The molecule has 1 saturated heterocycles. The van der Waals surface area contributed by atoms with Crippen LogP contribution in [0.4, 0.5) is 0 Å². The number of esters is 1. The van der Waals surface area contributed by atoms with Gasteiger partial charge in [-0.05, 0) is 12.1 Å². The molecule has 6 nitrogen and oxygen atoms in total. The van der Waals surface area contributed by atoms with Crippen LogP contribution in [0, 0.1) is 0 Å². The van der Waals surface area contributed by atoms with E-state index in [2.05, 4.69) is 15.9 Å². The van der Waals surface area contributed by atoms with E-state index in [9.17, 15) is 15.0 Å². The number of aliphatic hydroxyl groups excluding tert-OH is 2. The van der Waals surface area contributed by atoms with Crippen molar-refractivity contribution < 1.29 is 29.2 Å². The molecular formula is C14H17BrO6. The molecule has 0 radical (unpaired) electrons. The van der Waals surface area contributed by atoms with Crippen LogP contribution < -0.4 is 0 Å². The lowest BCUT2D eigenvalue weighted by Crippen LogP contribution is -2.59. The summed E-state index contributed by atoms with van der Waals surface area (Å²) in [4.78, 5) is 12.1. The number of carbonyl (C=O) groups excluding carboxylic acids is 1. The number of ether oxygens (including phenoxy) is 3. The van der Waals surface area contributed by atoms with E-state index < -0.39 is 36.7 Å². The zero-order valence-corrected chi connectivity index (χ0v) is 13.0. The molecule has 1 aliphatic heterocycles. The number of rotatable bonds is 4. The number of hydrogen-bond acceptors (Lipinski definition) is 6. The maximum absolute atomic E-state index is 12.1. The molecule has 1 aromatic rings. The molecule has 1 fully saturated rings. The van der Waals surface area contributed by atoms with E-state index in [1.807, 2.05) is 0 Å². The summed E-state index contributed by atoms with van der Waals surface area (Å²) in [5.41, 5.74) is 0.362. The first-order chi connectivity index (χ1) is 10.1. The highest BCUT2D eigenvalue weighted by Gasteiger charge is 2.46. The molecule has 0 unspecified atom stereocenters. The first-order valence-corrected chi connectivity index (χ1v) is 7.57. The molecule has 1 heterocycles. The number of halogens is 1. The fourth-order valence-corrected chi connectivity index (χ4v) is 2.66. The largest absolute Gasteiger partial charge is 0.453 e. The van der Waals surface area contributed by atoms with Gasteiger partial charge in [0.2, 0.25) is 0 Å². The predicted octanol–water partition coefficient (Wildman–Crippen LogP) is 0.700. The molecule has 1 aromatic carbocycles. The molecule has 0 spiro atoms. The molecule has 0 aliphatic carbocycles. The molecule has 0 amide bonds. The summed E-state index contributed by atoms with van der Waals surface area (Å²) in [5, 5.41) is 20.3. The molecule has 2 N–H and O–H groups in total. The summed E-state index contributed by atoms with van der Waals surface area (Å²) in [5.74, 6) is -0.586. The van der Waals surface area contributed by atoms with E-state index in [0.29, 0.717) is 10.9 Å². The van der Waals surface area contributed by atoms with Crippen molar-refractivity contribution in [3.63, 3.8) is 0 Å². The average molecular weight is 361 g/mol. The van der Waals surface area contributed by atoms with E-state index in [1.165, 1.54) is 7.11 Å². The summed E-state index contributed by atoms with van der Waals surface area (Å²) in [7, 11) is 1.36. The van der Waals surface area contributed by atoms with Crippen LogP contribution in [-0.4, -0.2) is 59.3 Å². The Hall–Kier alpha value is -0.990. The van der Waals surface area contributed by atoms with Crippen LogP contribution >= 0.6 is 15.9 Å². The highest BCUT2D eigenvalue weighted by molar-refractivity contribution is 9.09. The van der Waals surface area contributed by atoms with Gasteiger partial charge in [0.15, 0.2) is 12.4 Å². The first-order valence-electron chi connectivity index (χ1n) is 6.45. The molecule has 5 atom stereocenters. The van der Waals surface area contributed by atoms with Crippen LogP contribution in [0.1, 0.15) is 10.4 Å². The first kappa shape index (κ1) is 16.4. The third-order valence-corrected chi connectivity index (χ3v) is 3.92. The number of methoxy groups -OCH3 is 1. The van der Waals surface area contributed by atoms with Crippen LogP contribution in [0.15, 0.2) is 30.3 Å². The minimum atomic E-state index is -1.29. The van der Waals surface area contributed by atoms with Gasteiger partial charge < -0.3 is 24.4 Å². The Morgan fingerprint density at radius 3 is 2.52 bits per heavy atom. The quantitative estimate of drug-likeness (QED) is 0.607. The summed E-state index contributed by atoms with van der Waals surface area (Å²) in [6, 6.07) is 8.42. The van der Waals surface area contributed by atoms with Gasteiger partial charge in [0.1, 0.15) is 18.3 Å². The van der Waals surface area contributed by atoms with Gasteiger partial charge in [-0.25, -0.2) is 4.79 Å². The lowest BCUT2D eigenvalue weighted by atomic mass is 9.99. The Labute approximate surface area is 130 Å². The maximum Gasteiger partial charge on any atom is 0.338 e.